The molecule has 0 N–H and O–H groups in total. The quantitative estimate of drug-likeness (QED) is 0.434. The SMILES string of the molecule is COc1ccc2c(c1)c(C1CC(c3ccc(F)cc3)=NN1C(=O)c1ccc(OC)nc1)cn2C. The molecule has 8 heteroatoms. The molecule has 1 amide bonds. The third kappa shape index (κ3) is 3.77. The van der Waals surface area contributed by atoms with Gasteiger partial charge < -0.3 is 14.0 Å². The normalized spacial score (nSPS) is 15.5. The summed E-state index contributed by atoms with van der Waals surface area (Å²) in [6.45, 7) is 0. The summed E-state index contributed by atoms with van der Waals surface area (Å²) in [5.41, 5.74) is 3.84. The van der Waals surface area contributed by atoms with E-state index in [-0.39, 0.29) is 17.8 Å². The molecule has 5 rings (SSSR count). The van der Waals surface area contributed by atoms with Crippen molar-refractivity contribution in [2.24, 2.45) is 12.1 Å². The van der Waals surface area contributed by atoms with Gasteiger partial charge in [-0.15, -0.1) is 0 Å². The Bertz CT molecular complexity index is 1390. The van der Waals surface area contributed by atoms with E-state index in [2.05, 4.69) is 4.98 Å². The standard InChI is InChI=1S/C26H23FN4O3/c1-30-15-21(20-12-19(33-2)9-10-23(20)30)24-13-22(16-4-7-18(27)8-5-16)29-31(24)26(32)17-6-11-25(34-3)28-14-17/h4-12,14-15,24H,13H2,1-3H3. The molecule has 0 radical (unpaired) electrons. The zero-order chi connectivity index (χ0) is 23.8. The summed E-state index contributed by atoms with van der Waals surface area (Å²) in [5, 5.41) is 7.18. The van der Waals surface area contributed by atoms with Crippen molar-refractivity contribution in [2.75, 3.05) is 14.2 Å². The molecule has 1 aliphatic rings. The predicted molar refractivity (Wildman–Crippen MR) is 127 cm³/mol. The number of carbonyl (C=O) groups is 1. The number of methoxy groups -OCH3 is 2. The molecule has 0 saturated heterocycles. The molecule has 1 unspecified atom stereocenters. The van der Waals surface area contributed by atoms with E-state index in [1.165, 1.54) is 30.4 Å². The minimum absolute atomic E-state index is 0.280. The van der Waals surface area contributed by atoms with Crippen LogP contribution in [-0.2, 0) is 7.05 Å². The molecule has 34 heavy (non-hydrogen) atoms. The third-order valence-corrected chi connectivity index (χ3v) is 6.07. The molecular formula is C26H23FN4O3. The van der Waals surface area contributed by atoms with E-state index in [4.69, 9.17) is 14.6 Å². The summed E-state index contributed by atoms with van der Waals surface area (Å²) in [4.78, 5) is 17.7. The molecule has 2 aromatic carbocycles. The second kappa shape index (κ2) is 8.62. The first-order valence-corrected chi connectivity index (χ1v) is 10.8. The number of rotatable bonds is 5. The number of nitrogens with zero attached hydrogens (tertiary/aromatic N) is 4. The number of hydrazone groups is 1. The molecule has 172 valence electrons. The number of hydrogen-bond acceptors (Lipinski definition) is 5. The van der Waals surface area contributed by atoms with Gasteiger partial charge in [0.2, 0.25) is 5.88 Å². The Morgan fingerprint density at radius 3 is 2.53 bits per heavy atom. The first kappa shape index (κ1) is 21.6. The van der Waals surface area contributed by atoms with Crippen LogP contribution >= 0.6 is 0 Å². The summed E-state index contributed by atoms with van der Waals surface area (Å²) in [5.74, 6) is 0.551. The van der Waals surface area contributed by atoms with E-state index >= 15 is 0 Å². The van der Waals surface area contributed by atoms with Gasteiger partial charge in [-0.3, -0.25) is 4.79 Å². The molecule has 1 aliphatic heterocycles. The van der Waals surface area contributed by atoms with Gasteiger partial charge in [0.15, 0.2) is 0 Å². The van der Waals surface area contributed by atoms with E-state index in [9.17, 15) is 9.18 Å². The van der Waals surface area contributed by atoms with Crippen molar-refractivity contribution in [2.45, 2.75) is 12.5 Å². The largest absolute Gasteiger partial charge is 0.497 e. The maximum atomic E-state index is 13.6. The highest BCUT2D eigenvalue weighted by molar-refractivity contribution is 6.05. The van der Waals surface area contributed by atoms with Crippen molar-refractivity contribution in [3.05, 3.63) is 89.5 Å². The number of fused-ring (bicyclic) bond motifs is 1. The summed E-state index contributed by atoms with van der Waals surface area (Å²) >= 11 is 0. The van der Waals surface area contributed by atoms with Gasteiger partial charge in [0.25, 0.3) is 5.91 Å². The topological polar surface area (TPSA) is 68.9 Å². The third-order valence-electron chi connectivity index (χ3n) is 6.07. The number of carbonyl (C=O) groups excluding carboxylic acids is 1. The number of aromatic nitrogens is 2. The second-order valence-corrected chi connectivity index (χ2v) is 8.09. The monoisotopic (exact) mass is 458 g/mol. The predicted octanol–water partition coefficient (Wildman–Crippen LogP) is 4.72. The summed E-state index contributed by atoms with van der Waals surface area (Å²) < 4.78 is 26.1. The van der Waals surface area contributed by atoms with Crippen LogP contribution in [0, 0.1) is 5.82 Å². The van der Waals surface area contributed by atoms with Crippen molar-refractivity contribution in [1.29, 1.82) is 0 Å². The lowest BCUT2D eigenvalue weighted by Gasteiger charge is -2.21. The van der Waals surface area contributed by atoms with Gasteiger partial charge in [-0.05, 0) is 42.0 Å². The van der Waals surface area contributed by atoms with Crippen LogP contribution in [0.5, 0.6) is 11.6 Å². The molecule has 2 aromatic heterocycles. The van der Waals surface area contributed by atoms with Crippen molar-refractivity contribution in [3.8, 4) is 11.6 Å². The van der Waals surface area contributed by atoms with Crippen LogP contribution in [0.4, 0.5) is 4.39 Å². The van der Waals surface area contributed by atoms with Gasteiger partial charge in [-0.2, -0.15) is 5.10 Å². The molecule has 0 bridgehead atoms. The van der Waals surface area contributed by atoms with Crippen molar-refractivity contribution >= 4 is 22.5 Å². The Kier molecular flexibility index (Phi) is 5.49. The fourth-order valence-corrected chi connectivity index (χ4v) is 4.31. The van der Waals surface area contributed by atoms with Crippen molar-refractivity contribution in [1.82, 2.24) is 14.6 Å². The highest BCUT2D eigenvalue weighted by Crippen LogP contribution is 2.39. The number of benzene rings is 2. The minimum atomic E-state index is -0.356. The molecule has 7 nitrogen and oxygen atoms in total. The summed E-state index contributed by atoms with van der Waals surface area (Å²) in [7, 11) is 5.12. The first-order valence-electron chi connectivity index (χ1n) is 10.8. The van der Waals surface area contributed by atoms with Crippen LogP contribution in [0.1, 0.15) is 33.9 Å². The number of halogens is 1. The zero-order valence-corrected chi connectivity index (χ0v) is 19.0. The number of hydrogen-bond donors (Lipinski definition) is 0. The Morgan fingerprint density at radius 1 is 1.06 bits per heavy atom. The lowest BCUT2D eigenvalue weighted by molar-refractivity contribution is 0.0711. The van der Waals surface area contributed by atoms with Crippen molar-refractivity contribution in [3.63, 3.8) is 0 Å². The Morgan fingerprint density at radius 2 is 1.85 bits per heavy atom. The lowest BCUT2D eigenvalue weighted by atomic mass is 9.97. The molecule has 0 spiro atoms. The van der Waals surface area contributed by atoms with Gasteiger partial charge in [0.1, 0.15) is 11.6 Å². The van der Waals surface area contributed by atoms with E-state index in [0.29, 0.717) is 23.6 Å². The van der Waals surface area contributed by atoms with E-state index in [1.807, 2.05) is 36.0 Å². The van der Waals surface area contributed by atoms with Crippen LogP contribution in [0.25, 0.3) is 10.9 Å². The van der Waals surface area contributed by atoms with E-state index in [0.717, 1.165) is 27.8 Å². The maximum Gasteiger partial charge on any atom is 0.276 e. The molecule has 0 fully saturated rings. The number of pyridine rings is 1. The fraction of sp³-hybridized carbons (Fsp3) is 0.192. The Balaban J connectivity index is 1.60. The molecule has 3 heterocycles. The molecular weight excluding hydrogens is 435 g/mol. The number of ether oxygens (including phenoxy) is 2. The molecule has 4 aromatic rings. The average molecular weight is 458 g/mol. The first-order chi connectivity index (χ1) is 16.5. The van der Waals surface area contributed by atoms with Gasteiger partial charge in [0, 0.05) is 48.4 Å². The molecule has 0 saturated carbocycles. The van der Waals surface area contributed by atoms with Gasteiger partial charge in [0.05, 0.1) is 31.5 Å². The van der Waals surface area contributed by atoms with Crippen molar-refractivity contribution < 1.29 is 18.7 Å². The maximum absolute atomic E-state index is 13.6. The Hall–Kier alpha value is -4.20. The number of amides is 1. The lowest BCUT2D eigenvalue weighted by Crippen LogP contribution is -2.27. The summed E-state index contributed by atoms with van der Waals surface area (Å²) in [6.07, 6.45) is 3.98. The second-order valence-electron chi connectivity index (χ2n) is 8.09. The molecule has 0 aliphatic carbocycles. The van der Waals surface area contributed by atoms with Crippen LogP contribution in [-0.4, -0.2) is 40.4 Å². The van der Waals surface area contributed by atoms with Crippen LogP contribution < -0.4 is 9.47 Å². The average Bonchev–Trinajstić information content (AvgIpc) is 3.45. The van der Waals surface area contributed by atoms with E-state index in [1.54, 1.807) is 31.4 Å². The molecule has 1 atom stereocenters. The summed E-state index contributed by atoms with van der Waals surface area (Å²) in [6, 6.07) is 15.0. The van der Waals surface area contributed by atoms with Crippen LogP contribution in [0.3, 0.4) is 0 Å². The smallest absolute Gasteiger partial charge is 0.276 e. The minimum Gasteiger partial charge on any atom is -0.497 e. The Labute approximate surface area is 196 Å². The number of aryl methyl sites for hydroxylation is 1. The highest BCUT2D eigenvalue weighted by atomic mass is 19.1. The van der Waals surface area contributed by atoms with Gasteiger partial charge in [-0.25, -0.2) is 14.4 Å². The zero-order valence-electron chi connectivity index (χ0n) is 19.0. The van der Waals surface area contributed by atoms with Crippen LogP contribution in [0.2, 0.25) is 0 Å². The van der Waals surface area contributed by atoms with Gasteiger partial charge in [-0.1, -0.05) is 12.1 Å². The fourth-order valence-electron chi connectivity index (χ4n) is 4.31. The van der Waals surface area contributed by atoms with Gasteiger partial charge >= 0.3 is 0 Å². The highest BCUT2D eigenvalue weighted by Gasteiger charge is 2.35. The van der Waals surface area contributed by atoms with E-state index < -0.39 is 0 Å². The van der Waals surface area contributed by atoms with Crippen LogP contribution in [0.15, 0.2) is 72.1 Å².